The molecule has 1 aromatic rings. The second-order valence-corrected chi connectivity index (χ2v) is 4.48. The first-order valence-corrected chi connectivity index (χ1v) is 5.39. The molecule has 0 saturated carbocycles. The van der Waals surface area contributed by atoms with Gasteiger partial charge in [-0.3, -0.25) is 10.3 Å². The van der Waals surface area contributed by atoms with Gasteiger partial charge in [0.2, 0.25) is 0 Å². The molecule has 68 valence electrons. The van der Waals surface area contributed by atoms with Crippen molar-refractivity contribution in [1.82, 2.24) is 5.48 Å². The maximum Gasteiger partial charge on any atom is 0.131 e. The third kappa shape index (κ3) is 2.13. The average molecular weight is 305 g/mol. The Kier molecular flexibility index (Phi) is 2.71. The van der Waals surface area contributed by atoms with Crippen LogP contribution in [0.4, 0.5) is 0 Å². The largest absolute Gasteiger partial charge is 0.263 e. The summed E-state index contributed by atoms with van der Waals surface area (Å²) in [4.78, 5) is 5.29. The maximum absolute atomic E-state index is 5.29. The van der Waals surface area contributed by atoms with E-state index >= 15 is 0 Å². The average Bonchev–Trinajstić information content (AvgIpc) is 2.53. The van der Waals surface area contributed by atoms with Gasteiger partial charge in [-0.2, -0.15) is 0 Å². The normalized spacial score (nSPS) is 21.1. The highest BCUT2D eigenvalue weighted by Gasteiger charge is 2.16. The molecule has 0 bridgehead atoms. The Hall–Kier alpha value is -0.320. The quantitative estimate of drug-likeness (QED) is 0.804. The molecule has 0 aliphatic carbocycles. The van der Waals surface area contributed by atoms with Gasteiger partial charge >= 0.3 is 0 Å². The van der Waals surface area contributed by atoms with E-state index in [1.54, 1.807) is 0 Å². The molecular weight excluding hydrogens is 298 g/mol. The van der Waals surface area contributed by atoms with Crippen LogP contribution in [0.3, 0.4) is 0 Å². The summed E-state index contributed by atoms with van der Waals surface area (Å²) in [6, 6.07) is 8.05. The highest BCUT2D eigenvalue weighted by molar-refractivity contribution is 9.11. The van der Waals surface area contributed by atoms with Gasteiger partial charge in [-0.1, -0.05) is 28.1 Å². The van der Waals surface area contributed by atoms with E-state index in [-0.39, 0.29) is 6.10 Å². The number of hydrogen-bond acceptors (Lipinski definition) is 2. The van der Waals surface area contributed by atoms with Gasteiger partial charge in [0.25, 0.3) is 0 Å². The first-order valence-electron chi connectivity index (χ1n) is 3.80. The lowest BCUT2D eigenvalue weighted by molar-refractivity contribution is 0.0458. The molecule has 13 heavy (non-hydrogen) atoms. The van der Waals surface area contributed by atoms with E-state index in [1.165, 1.54) is 0 Å². The summed E-state index contributed by atoms with van der Waals surface area (Å²) >= 11 is 6.69. The molecule has 0 unspecified atom stereocenters. The van der Waals surface area contributed by atoms with Crippen molar-refractivity contribution in [2.75, 3.05) is 0 Å². The van der Waals surface area contributed by atoms with Crippen molar-refractivity contribution in [2.24, 2.45) is 0 Å². The van der Waals surface area contributed by atoms with Crippen LogP contribution in [0.2, 0.25) is 0 Å². The van der Waals surface area contributed by atoms with E-state index in [4.69, 9.17) is 4.84 Å². The van der Waals surface area contributed by atoms with Gasteiger partial charge in [-0.25, -0.2) is 0 Å². The van der Waals surface area contributed by atoms with E-state index in [1.807, 2.05) is 30.3 Å². The van der Waals surface area contributed by atoms with Crippen molar-refractivity contribution in [3.8, 4) is 0 Å². The van der Waals surface area contributed by atoms with E-state index in [2.05, 4.69) is 37.3 Å². The molecule has 0 amide bonds. The van der Waals surface area contributed by atoms with Crippen LogP contribution in [0, 0.1) is 0 Å². The van der Waals surface area contributed by atoms with Crippen LogP contribution in [-0.2, 0) is 4.84 Å². The minimum Gasteiger partial charge on any atom is -0.263 e. The Morgan fingerprint density at radius 2 is 1.85 bits per heavy atom. The van der Waals surface area contributed by atoms with E-state index in [9.17, 15) is 0 Å². The minimum absolute atomic E-state index is 0.00229. The van der Waals surface area contributed by atoms with Crippen LogP contribution in [-0.4, -0.2) is 0 Å². The number of nitrogens with one attached hydrogen (secondary N) is 1. The van der Waals surface area contributed by atoms with Crippen molar-refractivity contribution >= 4 is 31.9 Å². The van der Waals surface area contributed by atoms with E-state index in [0.29, 0.717) is 0 Å². The summed E-state index contributed by atoms with van der Waals surface area (Å²) in [5.74, 6) is 0. The second kappa shape index (κ2) is 3.82. The fourth-order valence-corrected chi connectivity index (χ4v) is 1.74. The Balaban J connectivity index is 2.22. The molecular formula is C9H7Br2NO. The van der Waals surface area contributed by atoms with Crippen LogP contribution in [0.25, 0.3) is 0 Å². The molecule has 1 aromatic carbocycles. The fraction of sp³-hybridized carbons (Fsp3) is 0.111. The lowest BCUT2D eigenvalue weighted by Crippen LogP contribution is -2.04. The SMILES string of the molecule is BrC1=C[C@@H](c2ccc(Br)cc2)ON1. The molecule has 0 radical (unpaired) electrons. The summed E-state index contributed by atoms with van der Waals surface area (Å²) in [7, 11) is 0. The molecule has 2 rings (SSSR count). The monoisotopic (exact) mass is 303 g/mol. The summed E-state index contributed by atoms with van der Waals surface area (Å²) in [6.45, 7) is 0. The Morgan fingerprint density at radius 1 is 1.15 bits per heavy atom. The van der Waals surface area contributed by atoms with Crippen LogP contribution < -0.4 is 5.48 Å². The lowest BCUT2D eigenvalue weighted by atomic mass is 10.1. The highest BCUT2D eigenvalue weighted by Crippen LogP contribution is 2.26. The molecule has 0 aromatic heterocycles. The predicted octanol–water partition coefficient (Wildman–Crippen LogP) is 3.26. The molecule has 1 aliphatic heterocycles. The number of benzene rings is 1. The van der Waals surface area contributed by atoms with Gasteiger partial charge in [0.1, 0.15) is 10.7 Å². The Labute approximate surface area is 93.2 Å². The second-order valence-electron chi connectivity index (χ2n) is 2.71. The van der Waals surface area contributed by atoms with E-state index < -0.39 is 0 Å². The smallest absolute Gasteiger partial charge is 0.131 e. The van der Waals surface area contributed by atoms with Crippen molar-refractivity contribution in [2.45, 2.75) is 6.10 Å². The van der Waals surface area contributed by atoms with Gasteiger partial charge in [0.05, 0.1) is 0 Å². The predicted molar refractivity (Wildman–Crippen MR) is 58.1 cm³/mol. The van der Waals surface area contributed by atoms with E-state index in [0.717, 1.165) is 14.6 Å². The summed E-state index contributed by atoms with van der Waals surface area (Å²) < 4.78 is 1.95. The van der Waals surface area contributed by atoms with Crippen molar-refractivity contribution in [3.63, 3.8) is 0 Å². The van der Waals surface area contributed by atoms with Gasteiger partial charge < -0.3 is 0 Å². The zero-order valence-electron chi connectivity index (χ0n) is 6.63. The van der Waals surface area contributed by atoms with Gasteiger partial charge in [-0.15, -0.1) is 0 Å². The van der Waals surface area contributed by atoms with Crippen LogP contribution >= 0.6 is 31.9 Å². The molecule has 4 heteroatoms. The van der Waals surface area contributed by atoms with Crippen LogP contribution in [0.15, 0.2) is 39.4 Å². The fourth-order valence-electron chi connectivity index (χ4n) is 1.14. The third-order valence-electron chi connectivity index (χ3n) is 1.78. The van der Waals surface area contributed by atoms with Gasteiger partial charge in [0, 0.05) is 4.47 Å². The molecule has 1 aliphatic rings. The standard InChI is InChI=1S/C9H7Br2NO/c10-7-3-1-6(2-4-7)8-5-9(11)12-13-8/h1-5,8,12H/t8-/m0/s1. The zero-order valence-corrected chi connectivity index (χ0v) is 9.80. The topological polar surface area (TPSA) is 21.3 Å². The van der Waals surface area contributed by atoms with Crippen LogP contribution in [0.1, 0.15) is 11.7 Å². The van der Waals surface area contributed by atoms with Crippen LogP contribution in [0.5, 0.6) is 0 Å². The van der Waals surface area contributed by atoms with Gasteiger partial charge in [-0.05, 0) is 39.7 Å². The molecule has 2 nitrogen and oxygen atoms in total. The van der Waals surface area contributed by atoms with Gasteiger partial charge in [0.15, 0.2) is 0 Å². The first kappa shape index (κ1) is 9.24. The molecule has 0 spiro atoms. The molecule has 1 atom stereocenters. The molecule has 1 N–H and O–H groups in total. The first-order chi connectivity index (χ1) is 6.25. The summed E-state index contributed by atoms with van der Waals surface area (Å²) in [6.07, 6.45) is 1.98. The maximum atomic E-state index is 5.29. The number of hydroxylamine groups is 1. The number of hydrogen-bond donors (Lipinski definition) is 1. The van der Waals surface area contributed by atoms with Crippen molar-refractivity contribution in [3.05, 3.63) is 45.0 Å². The Bertz CT molecular complexity index is 334. The van der Waals surface area contributed by atoms with Crippen molar-refractivity contribution < 1.29 is 4.84 Å². The number of rotatable bonds is 1. The summed E-state index contributed by atoms with van der Waals surface area (Å²) in [5.41, 5.74) is 3.88. The minimum atomic E-state index is 0.00229. The number of halogens is 2. The Morgan fingerprint density at radius 3 is 2.38 bits per heavy atom. The highest BCUT2D eigenvalue weighted by atomic mass is 79.9. The molecule has 0 saturated heterocycles. The summed E-state index contributed by atoms with van der Waals surface area (Å²) in [5, 5.41) is 0. The molecule has 0 fully saturated rings. The zero-order chi connectivity index (χ0) is 9.26. The third-order valence-corrected chi connectivity index (χ3v) is 2.73. The lowest BCUT2D eigenvalue weighted by Gasteiger charge is -2.06. The molecule has 1 heterocycles. The van der Waals surface area contributed by atoms with Crippen molar-refractivity contribution in [1.29, 1.82) is 0 Å².